The van der Waals surface area contributed by atoms with Crippen LogP contribution in [0.4, 0.5) is 5.13 Å². The predicted octanol–water partition coefficient (Wildman–Crippen LogP) is 2.57. The lowest BCUT2D eigenvalue weighted by Gasteiger charge is -2.08. The van der Waals surface area contributed by atoms with Crippen molar-refractivity contribution in [2.45, 2.75) is 6.54 Å². The van der Waals surface area contributed by atoms with E-state index in [4.69, 9.17) is 9.47 Å². The van der Waals surface area contributed by atoms with Crippen LogP contribution in [0, 0.1) is 0 Å². The molecule has 9 nitrogen and oxygen atoms in total. The summed E-state index contributed by atoms with van der Waals surface area (Å²) in [5.74, 6) is 0.871. The Morgan fingerprint density at radius 2 is 2.00 bits per heavy atom. The van der Waals surface area contributed by atoms with Crippen LogP contribution in [0.25, 0.3) is 22.2 Å². The molecule has 1 N–H and O–H groups in total. The van der Waals surface area contributed by atoms with Crippen LogP contribution >= 0.6 is 11.3 Å². The maximum atomic E-state index is 12.5. The first kappa shape index (κ1) is 19.5. The van der Waals surface area contributed by atoms with Gasteiger partial charge in [0.15, 0.2) is 5.13 Å². The number of nitrogens with one attached hydrogen (secondary N) is 1. The monoisotopic (exact) mass is 423 g/mol. The maximum absolute atomic E-state index is 12.5. The summed E-state index contributed by atoms with van der Waals surface area (Å²) in [4.78, 5) is 29.3. The zero-order valence-corrected chi connectivity index (χ0v) is 17.0. The zero-order valence-electron chi connectivity index (χ0n) is 16.2. The van der Waals surface area contributed by atoms with Gasteiger partial charge in [-0.25, -0.2) is 9.67 Å². The third kappa shape index (κ3) is 3.85. The van der Waals surface area contributed by atoms with Crippen molar-refractivity contribution in [1.29, 1.82) is 0 Å². The summed E-state index contributed by atoms with van der Waals surface area (Å²) < 4.78 is 11.7. The van der Waals surface area contributed by atoms with Gasteiger partial charge in [0.1, 0.15) is 23.6 Å². The lowest BCUT2D eigenvalue weighted by molar-refractivity contribution is -0.117. The normalized spacial score (nSPS) is 10.7. The van der Waals surface area contributed by atoms with Gasteiger partial charge in [-0.2, -0.15) is 0 Å². The summed E-state index contributed by atoms with van der Waals surface area (Å²) in [6.45, 7) is -0.270. The highest BCUT2D eigenvalue weighted by atomic mass is 32.1. The van der Waals surface area contributed by atoms with Crippen LogP contribution in [-0.4, -0.2) is 40.1 Å². The number of carbonyl (C=O) groups is 1. The molecule has 152 valence electrons. The fourth-order valence-corrected chi connectivity index (χ4v) is 3.62. The van der Waals surface area contributed by atoms with E-state index in [1.54, 1.807) is 56.0 Å². The van der Waals surface area contributed by atoms with Crippen molar-refractivity contribution in [2.75, 3.05) is 19.5 Å². The van der Waals surface area contributed by atoms with Gasteiger partial charge in [0.2, 0.25) is 5.91 Å². The van der Waals surface area contributed by atoms with Gasteiger partial charge in [0.05, 0.1) is 25.3 Å². The minimum Gasteiger partial charge on any atom is -0.497 e. The number of hydrogen-bond donors (Lipinski definition) is 1. The van der Waals surface area contributed by atoms with Crippen molar-refractivity contribution in [3.8, 4) is 22.8 Å². The fourth-order valence-electron chi connectivity index (χ4n) is 2.89. The number of nitrogens with zero attached hydrogens (tertiary/aromatic N) is 4. The van der Waals surface area contributed by atoms with Crippen molar-refractivity contribution in [3.63, 3.8) is 0 Å². The number of hydrogen-bond acceptors (Lipinski definition) is 8. The van der Waals surface area contributed by atoms with Crippen molar-refractivity contribution < 1.29 is 14.3 Å². The highest BCUT2D eigenvalue weighted by molar-refractivity contribution is 7.14. The molecule has 10 heteroatoms. The lowest BCUT2D eigenvalue weighted by Crippen LogP contribution is -2.30. The van der Waals surface area contributed by atoms with E-state index in [-0.39, 0.29) is 12.1 Å². The summed E-state index contributed by atoms with van der Waals surface area (Å²) in [6.07, 6.45) is 0. The summed E-state index contributed by atoms with van der Waals surface area (Å²) in [6, 6.07) is 12.2. The summed E-state index contributed by atoms with van der Waals surface area (Å²) in [7, 11) is 3.15. The SMILES string of the molecule is COc1ccc(OC)c(-c2csc(NC(=O)Cn3nnc4ccccc4c3=O)n2)c1. The maximum Gasteiger partial charge on any atom is 0.278 e. The van der Waals surface area contributed by atoms with Crippen LogP contribution in [0.2, 0.25) is 0 Å². The second kappa shape index (κ2) is 8.29. The van der Waals surface area contributed by atoms with Gasteiger partial charge in [-0.1, -0.05) is 17.3 Å². The molecule has 2 heterocycles. The highest BCUT2D eigenvalue weighted by Gasteiger charge is 2.14. The van der Waals surface area contributed by atoms with Gasteiger partial charge in [0.25, 0.3) is 5.56 Å². The van der Waals surface area contributed by atoms with E-state index >= 15 is 0 Å². The van der Waals surface area contributed by atoms with Gasteiger partial charge in [0, 0.05) is 10.9 Å². The molecular weight excluding hydrogens is 406 g/mol. The molecule has 0 aliphatic heterocycles. The number of amides is 1. The lowest BCUT2D eigenvalue weighted by atomic mass is 10.1. The first-order chi connectivity index (χ1) is 14.6. The molecule has 30 heavy (non-hydrogen) atoms. The Labute approximate surface area is 174 Å². The summed E-state index contributed by atoms with van der Waals surface area (Å²) in [5.41, 5.74) is 1.48. The topological polar surface area (TPSA) is 108 Å². The molecule has 0 bridgehead atoms. The van der Waals surface area contributed by atoms with Crippen LogP contribution in [0.15, 0.2) is 52.6 Å². The molecule has 0 unspecified atom stereocenters. The van der Waals surface area contributed by atoms with Crippen LogP contribution < -0.4 is 20.3 Å². The second-order valence-corrected chi connectivity index (χ2v) is 7.08. The molecule has 4 rings (SSSR count). The highest BCUT2D eigenvalue weighted by Crippen LogP contribution is 2.34. The number of fused-ring (bicyclic) bond motifs is 1. The molecular formula is C20H17N5O4S. The smallest absolute Gasteiger partial charge is 0.278 e. The Morgan fingerprint density at radius 1 is 1.17 bits per heavy atom. The van der Waals surface area contributed by atoms with E-state index in [1.807, 2.05) is 6.07 Å². The molecule has 2 aromatic heterocycles. The average molecular weight is 423 g/mol. The molecule has 0 radical (unpaired) electrons. The van der Waals surface area contributed by atoms with E-state index in [0.717, 1.165) is 10.2 Å². The number of carbonyl (C=O) groups excluding carboxylic acids is 1. The molecule has 0 aliphatic carbocycles. The number of anilines is 1. The molecule has 0 aliphatic rings. The quantitative estimate of drug-likeness (QED) is 0.508. The molecule has 1 amide bonds. The summed E-state index contributed by atoms with van der Waals surface area (Å²) >= 11 is 1.26. The van der Waals surface area contributed by atoms with Crippen molar-refractivity contribution in [1.82, 2.24) is 20.0 Å². The fraction of sp³-hybridized carbons (Fsp3) is 0.150. The van der Waals surface area contributed by atoms with Crippen molar-refractivity contribution in [3.05, 3.63) is 58.2 Å². The van der Waals surface area contributed by atoms with Gasteiger partial charge < -0.3 is 14.8 Å². The molecule has 0 atom stereocenters. The first-order valence-electron chi connectivity index (χ1n) is 8.89. The largest absolute Gasteiger partial charge is 0.497 e. The minimum absolute atomic E-state index is 0.270. The number of aromatic nitrogens is 4. The Bertz CT molecular complexity index is 1280. The van der Waals surface area contributed by atoms with E-state index in [2.05, 4.69) is 20.6 Å². The Hall–Kier alpha value is -3.79. The number of benzene rings is 2. The number of ether oxygens (including phenoxy) is 2. The Balaban J connectivity index is 1.53. The van der Waals surface area contributed by atoms with Crippen LogP contribution in [0.3, 0.4) is 0 Å². The van der Waals surface area contributed by atoms with Crippen LogP contribution in [0.1, 0.15) is 0 Å². The zero-order chi connectivity index (χ0) is 21.1. The van der Waals surface area contributed by atoms with E-state index in [9.17, 15) is 9.59 Å². The molecule has 0 spiro atoms. The predicted molar refractivity (Wildman–Crippen MR) is 113 cm³/mol. The average Bonchev–Trinajstić information content (AvgIpc) is 3.23. The molecule has 2 aromatic carbocycles. The molecule has 4 aromatic rings. The molecule has 0 saturated heterocycles. The van der Waals surface area contributed by atoms with E-state index in [1.165, 1.54) is 11.3 Å². The van der Waals surface area contributed by atoms with Gasteiger partial charge in [-0.15, -0.1) is 16.4 Å². The van der Waals surface area contributed by atoms with Crippen LogP contribution in [0.5, 0.6) is 11.5 Å². The molecule has 0 saturated carbocycles. The van der Waals surface area contributed by atoms with Crippen LogP contribution in [-0.2, 0) is 11.3 Å². The third-order valence-electron chi connectivity index (χ3n) is 4.36. The van der Waals surface area contributed by atoms with Gasteiger partial charge in [-0.05, 0) is 30.3 Å². The summed E-state index contributed by atoms with van der Waals surface area (Å²) in [5, 5.41) is 13.1. The van der Waals surface area contributed by atoms with Gasteiger partial charge in [-0.3, -0.25) is 9.59 Å². The van der Waals surface area contributed by atoms with Gasteiger partial charge >= 0.3 is 0 Å². The van der Waals surface area contributed by atoms with Crippen molar-refractivity contribution >= 4 is 33.3 Å². The third-order valence-corrected chi connectivity index (χ3v) is 5.11. The molecule has 0 fully saturated rings. The van der Waals surface area contributed by atoms with E-state index in [0.29, 0.717) is 33.2 Å². The Morgan fingerprint density at radius 3 is 2.80 bits per heavy atom. The second-order valence-electron chi connectivity index (χ2n) is 6.22. The number of methoxy groups -OCH3 is 2. The number of thiazole rings is 1. The number of rotatable bonds is 6. The minimum atomic E-state index is -0.430. The first-order valence-corrected chi connectivity index (χ1v) is 9.77. The van der Waals surface area contributed by atoms with E-state index < -0.39 is 5.91 Å². The standard InChI is InChI=1S/C20H17N5O4S/c1-28-12-7-8-17(29-2)14(9-12)16-11-30-20(21-16)22-18(26)10-25-19(27)13-5-3-4-6-15(13)23-24-25/h3-9,11H,10H2,1-2H3,(H,21,22,26). The Kier molecular flexibility index (Phi) is 5.40. The van der Waals surface area contributed by atoms with Crippen molar-refractivity contribution in [2.24, 2.45) is 0 Å².